The number of halogens is 1. The van der Waals surface area contributed by atoms with Gasteiger partial charge < -0.3 is 45.0 Å². The molecule has 7 rings (SSSR count). The van der Waals surface area contributed by atoms with Gasteiger partial charge in [0.15, 0.2) is 0 Å². The van der Waals surface area contributed by atoms with Gasteiger partial charge in [0, 0.05) is 113 Å². The van der Waals surface area contributed by atoms with Crippen molar-refractivity contribution in [1.29, 1.82) is 5.26 Å². The number of carbonyl (C=O) groups is 5. The molecule has 22 heteroatoms. The van der Waals surface area contributed by atoms with E-state index in [9.17, 15) is 39.3 Å². The third-order valence-corrected chi connectivity index (χ3v) is 15.5. The number of anilines is 2. The molecule has 3 aromatic rings. The molecule has 21 nitrogen and oxygen atoms in total. The van der Waals surface area contributed by atoms with E-state index in [2.05, 4.69) is 50.9 Å². The summed E-state index contributed by atoms with van der Waals surface area (Å²) < 4.78 is 5.45. The van der Waals surface area contributed by atoms with E-state index in [-0.39, 0.29) is 62.2 Å². The van der Waals surface area contributed by atoms with Gasteiger partial charge in [-0.05, 0) is 103 Å². The monoisotopic (exact) mass is 1120 g/mol. The Morgan fingerprint density at radius 3 is 1.77 bits per heavy atom. The van der Waals surface area contributed by atoms with Crippen LogP contribution in [-0.4, -0.2) is 227 Å². The summed E-state index contributed by atoms with van der Waals surface area (Å²) >= 11 is 6.59. The molecule has 1 aromatic heterocycles. The molecule has 4 aliphatic heterocycles. The number of fused-ring (bicyclic) bond motifs is 2. The van der Waals surface area contributed by atoms with Gasteiger partial charge in [0.2, 0.25) is 11.8 Å². The number of benzene rings is 2. The first-order valence-electron chi connectivity index (χ1n) is 27.8. The van der Waals surface area contributed by atoms with Crippen LogP contribution >= 0.6 is 11.6 Å². The zero-order valence-corrected chi connectivity index (χ0v) is 48.1. The Morgan fingerprint density at radius 1 is 0.734 bits per heavy atom. The van der Waals surface area contributed by atoms with Crippen LogP contribution in [0.25, 0.3) is 10.8 Å². The summed E-state index contributed by atoms with van der Waals surface area (Å²) in [5.41, 5.74) is 3.23. The van der Waals surface area contributed by atoms with Gasteiger partial charge in [-0.2, -0.15) is 15.2 Å². The second kappa shape index (κ2) is 32.2. The normalized spacial score (nSPS) is 21.0. The van der Waals surface area contributed by atoms with Gasteiger partial charge in [-0.1, -0.05) is 55.3 Å². The molecule has 4 unspecified atom stereocenters. The highest BCUT2D eigenvalue weighted by atomic mass is 35.5. The van der Waals surface area contributed by atoms with Crippen LogP contribution in [0.15, 0.2) is 49.1 Å². The molecule has 4 aliphatic rings. The summed E-state index contributed by atoms with van der Waals surface area (Å²) in [6.45, 7) is 21.9. The van der Waals surface area contributed by atoms with Crippen molar-refractivity contribution in [2.75, 3.05) is 128 Å². The van der Waals surface area contributed by atoms with Crippen LogP contribution in [0.4, 0.5) is 11.5 Å². The molecule has 0 radical (unpaired) electrons. The van der Waals surface area contributed by atoms with Crippen molar-refractivity contribution in [2.45, 2.75) is 110 Å². The van der Waals surface area contributed by atoms with E-state index >= 15 is 0 Å². The van der Waals surface area contributed by atoms with Crippen molar-refractivity contribution in [3.63, 3.8) is 0 Å². The third kappa shape index (κ3) is 19.6. The standard InChI is InChI=1S/C30H56N6O7.C25H26ClN5O2.C2H3N/c1-23-16-34(20-28(38)39)25(3)18-36(22-30(42)43)26(4)17-35(21-29(40)41)24(2)15-33(23)19-27(37)31-11-7-5-6-8-12-32-13-9-10-14-32;1-3-22(32)29-12-14-30(15-13-29)24-18-10-11-31(16-20(18)27-25(28-24)33-2)21-9-5-7-17-6-4-8-19(26)23(17)21;1-2-3/h23-26H,5-22H2,1-4H3,(H,31,37)(H,38,39)(H,40,41)(H,42,43);3-9H,1,10-16H2,2H3;1H3. The van der Waals surface area contributed by atoms with Crippen LogP contribution < -0.4 is 19.9 Å². The van der Waals surface area contributed by atoms with Crippen molar-refractivity contribution in [3.8, 4) is 12.1 Å². The van der Waals surface area contributed by atoms with Crippen LogP contribution in [0.5, 0.6) is 6.01 Å². The molecule has 5 heterocycles. The Morgan fingerprint density at radius 2 is 1.25 bits per heavy atom. The van der Waals surface area contributed by atoms with Gasteiger partial charge in [0.25, 0.3) is 0 Å². The highest BCUT2D eigenvalue weighted by molar-refractivity contribution is 6.36. The lowest BCUT2D eigenvalue weighted by atomic mass is 10.0. The zero-order chi connectivity index (χ0) is 57.6. The lowest BCUT2D eigenvalue weighted by Crippen LogP contribution is -2.58. The number of nitrogens with one attached hydrogen (secondary N) is 1. The molecule has 4 N–H and O–H groups in total. The summed E-state index contributed by atoms with van der Waals surface area (Å²) in [5, 5.41) is 42.1. The molecule has 0 saturated carbocycles. The number of likely N-dealkylation sites (tertiary alicyclic amines) is 1. The molecule has 3 fully saturated rings. The molecule has 2 amide bonds. The van der Waals surface area contributed by atoms with Crippen LogP contribution in [0.3, 0.4) is 0 Å². The van der Waals surface area contributed by atoms with Crippen molar-refractivity contribution in [3.05, 3.63) is 65.3 Å². The molecule has 4 atom stereocenters. The fraction of sp³-hybridized carbons (Fsp3) is 0.614. The van der Waals surface area contributed by atoms with E-state index in [1.165, 1.54) is 45.4 Å². The minimum atomic E-state index is -0.999. The SMILES string of the molecule is C=CC(=O)N1CCN(c2nc(OC)nc3c2CCN(c2cccc4cccc(Cl)c24)C3)CC1.CC#N.CC1CN(CC(=O)O)C(C)CN(CC(=O)NCCCCCCN2CCCC2)C(C)CN(CC(=O)O)C(C)CN1CC(=O)O. The molecular formula is C57H85ClN12O9. The largest absolute Gasteiger partial charge is 0.480 e. The van der Waals surface area contributed by atoms with E-state index in [1.807, 2.05) is 59.4 Å². The topological polar surface area (TPSA) is 243 Å². The molecule has 79 heavy (non-hydrogen) atoms. The lowest BCUT2D eigenvalue weighted by molar-refractivity contribution is -0.142. The van der Waals surface area contributed by atoms with E-state index in [1.54, 1.807) is 18.1 Å². The van der Waals surface area contributed by atoms with Crippen LogP contribution in [-0.2, 0) is 36.9 Å². The number of carboxylic acids is 3. The van der Waals surface area contributed by atoms with Crippen molar-refractivity contribution >= 4 is 63.6 Å². The highest BCUT2D eigenvalue weighted by Crippen LogP contribution is 2.37. The Hall–Kier alpha value is -6.15. The first-order chi connectivity index (χ1) is 37.8. The zero-order valence-electron chi connectivity index (χ0n) is 47.3. The van der Waals surface area contributed by atoms with Gasteiger partial charge in [-0.25, -0.2) is 0 Å². The second-order valence-corrected chi connectivity index (χ2v) is 21.5. The number of methoxy groups -OCH3 is 1. The minimum Gasteiger partial charge on any atom is -0.480 e. The quantitative estimate of drug-likeness (QED) is 0.0911. The minimum absolute atomic E-state index is 0.0265. The fourth-order valence-electron chi connectivity index (χ4n) is 11.0. The van der Waals surface area contributed by atoms with Gasteiger partial charge in [-0.3, -0.25) is 43.6 Å². The molecule has 2 aromatic carbocycles. The number of rotatable bonds is 19. The third-order valence-electron chi connectivity index (χ3n) is 15.2. The Balaban J connectivity index is 0.000000284. The molecule has 0 spiro atoms. The van der Waals surface area contributed by atoms with E-state index < -0.39 is 17.9 Å². The lowest BCUT2D eigenvalue weighted by Gasteiger charge is -2.43. The summed E-state index contributed by atoms with van der Waals surface area (Å²) in [5.74, 6) is -2.17. The van der Waals surface area contributed by atoms with Crippen LogP contribution in [0.2, 0.25) is 5.02 Å². The average molecular weight is 1120 g/mol. The number of carboxylic acid groups (broad SMARTS) is 3. The van der Waals surface area contributed by atoms with Gasteiger partial charge in [0.05, 0.1) is 56.6 Å². The van der Waals surface area contributed by atoms with Crippen molar-refractivity contribution < 1.29 is 44.0 Å². The maximum absolute atomic E-state index is 13.0. The maximum atomic E-state index is 13.0. The Bertz CT molecular complexity index is 2520. The van der Waals surface area contributed by atoms with Crippen molar-refractivity contribution in [1.82, 2.24) is 44.7 Å². The summed E-state index contributed by atoms with van der Waals surface area (Å²) in [6.07, 6.45) is 9.11. The molecular weight excluding hydrogens is 1030 g/mol. The van der Waals surface area contributed by atoms with E-state index in [0.717, 1.165) is 90.4 Å². The first-order valence-corrected chi connectivity index (χ1v) is 28.2. The van der Waals surface area contributed by atoms with Gasteiger partial charge in [-0.15, -0.1) is 0 Å². The summed E-state index contributed by atoms with van der Waals surface area (Å²) in [7, 11) is 1.59. The van der Waals surface area contributed by atoms with E-state index in [0.29, 0.717) is 58.4 Å². The van der Waals surface area contributed by atoms with Crippen LogP contribution in [0, 0.1) is 11.3 Å². The summed E-state index contributed by atoms with van der Waals surface area (Å²) in [4.78, 5) is 85.9. The summed E-state index contributed by atoms with van der Waals surface area (Å²) in [6, 6.07) is 13.4. The Labute approximate surface area is 471 Å². The fourth-order valence-corrected chi connectivity index (χ4v) is 11.3. The predicted octanol–water partition coefficient (Wildman–Crippen LogP) is 5.01. The number of piperazine rings is 1. The number of amides is 2. The smallest absolute Gasteiger partial charge is 0.318 e. The number of unbranched alkanes of at least 4 members (excludes halogenated alkanes) is 3. The Kier molecular flexibility index (Phi) is 25.9. The number of hydrogen-bond donors (Lipinski definition) is 4. The number of nitrogens with zero attached hydrogens (tertiary/aromatic N) is 11. The average Bonchev–Trinajstić information content (AvgIpc) is 3.98. The van der Waals surface area contributed by atoms with Crippen LogP contribution in [0.1, 0.15) is 84.4 Å². The maximum Gasteiger partial charge on any atom is 0.318 e. The predicted molar refractivity (Wildman–Crippen MR) is 307 cm³/mol. The van der Waals surface area contributed by atoms with Gasteiger partial charge in [0.1, 0.15) is 5.82 Å². The molecule has 3 saturated heterocycles. The number of hydrogen-bond acceptors (Lipinski definition) is 16. The van der Waals surface area contributed by atoms with Crippen molar-refractivity contribution in [2.24, 2.45) is 0 Å². The highest BCUT2D eigenvalue weighted by Gasteiger charge is 2.33. The molecule has 0 bridgehead atoms. The number of nitriles is 1. The number of aromatic nitrogens is 2. The number of ether oxygens (including phenoxy) is 1. The molecule has 434 valence electrons. The van der Waals surface area contributed by atoms with E-state index in [4.69, 9.17) is 31.6 Å². The first kappa shape index (κ1) is 63.7. The van der Waals surface area contributed by atoms with Gasteiger partial charge >= 0.3 is 23.9 Å². The number of aliphatic carboxylic acids is 3. The number of carbonyl (C=O) groups excluding carboxylic acids is 2. The molecule has 0 aliphatic carbocycles. The second-order valence-electron chi connectivity index (χ2n) is 21.1.